The van der Waals surface area contributed by atoms with Crippen LogP contribution in [0.4, 0.5) is 0 Å². The largest absolute Gasteiger partial charge is 0.488 e. The van der Waals surface area contributed by atoms with E-state index < -0.39 is 0 Å². The number of aryl methyl sites for hydroxylation is 2. The lowest BCUT2D eigenvalue weighted by atomic mass is 9.98. The van der Waals surface area contributed by atoms with Crippen LogP contribution in [0, 0.1) is 0 Å². The van der Waals surface area contributed by atoms with Crippen LogP contribution in [-0.2, 0) is 17.6 Å². The molecule has 0 aliphatic carbocycles. The van der Waals surface area contributed by atoms with E-state index in [0.717, 1.165) is 36.8 Å². The maximum absolute atomic E-state index is 12.0. The summed E-state index contributed by atoms with van der Waals surface area (Å²) in [7, 11) is 1.39. The highest BCUT2D eigenvalue weighted by molar-refractivity contribution is 5.93. The maximum Gasteiger partial charge on any atom is 0.341 e. The molecule has 1 aromatic rings. The molecule has 1 rings (SSSR count). The Morgan fingerprint density at radius 1 is 1.25 bits per heavy atom. The van der Waals surface area contributed by atoms with Crippen molar-refractivity contribution in [2.75, 3.05) is 13.7 Å². The Balaban J connectivity index is 3.31. The SMILES string of the molecule is C=CCOc1c(CCC)cc(CCC)cc1C(=O)OC. The molecule has 0 bridgehead atoms. The minimum absolute atomic E-state index is 0.348. The Morgan fingerprint density at radius 2 is 1.95 bits per heavy atom. The van der Waals surface area contributed by atoms with Gasteiger partial charge in [0.25, 0.3) is 0 Å². The minimum Gasteiger partial charge on any atom is -0.488 e. The molecule has 0 aromatic heterocycles. The van der Waals surface area contributed by atoms with Crippen molar-refractivity contribution in [2.45, 2.75) is 39.5 Å². The fraction of sp³-hybridized carbons (Fsp3) is 0.471. The highest BCUT2D eigenvalue weighted by Crippen LogP contribution is 2.29. The quantitative estimate of drug-likeness (QED) is 0.533. The van der Waals surface area contributed by atoms with Gasteiger partial charge in [-0.3, -0.25) is 0 Å². The van der Waals surface area contributed by atoms with Crippen LogP contribution < -0.4 is 4.74 Å². The fourth-order valence-electron chi connectivity index (χ4n) is 2.22. The third-order valence-corrected chi connectivity index (χ3v) is 3.03. The lowest BCUT2D eigenvalue weighted by molar-refractivity contribution is 0.0596. The zero-order valence-corrected chi connectivity index (χ0v) is 12.7. The van der Waals surface area contributed by atoms with E-state index in [0.29, 0.717) is 17.9 Å². The second-order valence-electron chi connectivity index (χ2n) is 4.72. The molecule has 3 heteroatoms. The van der Waals surface area contributed by atoms with Crippen LogP contribution in [0.5, 0.6) is 5.75 Å². The number of carbonyl (C=O) groups is 1. The number of ether oxygens (including phenoxy) is 2. The van der Waals surface area contributed by atoms with Gasteiger partial charge in [0.15, 0.2) is 0 Å². The van der Waals surface area contributed by atoms with Gasteiger partial charge in [0.05, 0.1) is 7.11 Å². The van der Waals surface area contributed by atoms with E-state index >= 15 is 0 Å². The molecule has 1 aromatic carbocycles. The Bertz CT molecular complexity index is 464. The van der Waals surface area contributed by atoms with E-state index in [1.807, 2.05) is 6.07 Å². The van der Waals surface area contributed by atoms with E-state index in [1.54, 1.807) is 6.08 Å². The number of hydrogen-bond acceptors (Lipinski definition) is 3. The predicted molar refractivity (Wildman–Crippen MR) is 81.5 cm³/mol. The summed E-state index contributed by atoms with van der Waals surface area (Å²) in [6.45, 7) is 8.27. The van der Waals surface area contributed by atoms with Crippen molar-refractivity contribution in [3.8, 4) is 5.75 Å². The third-order valence-electron chi connectivity index (χ3n) is 3.03. The van der Waals surface area contributed by atoms with Crippen LogP contribution in [0.3, 0.4) is 0 Å². The van der Waals surface area contributed by atoms with Crippen LogP contribution in [0.2, 0.25) is 0 Å². The molecule has 0 saturated heterocycles. The van der Waals surface area contributed by atoms with Gasteiger partial charge < -0.3 is 9.47 Å². The fourth-order valence-corrected chi connectivity index (χ4v) is 2.22. The van der Waals surface area contributed by atoms with Crippen LogP contribution in [0.25, 0.3) is 0 Å². The number of benzene rings is 1. The monoisotopic (exact) mass is 276 g/mol. The van der Waals surface area contributed by atoms with Gasteiger partial charge in [-0.15, -0.1) is 0 Å². The lowest BCUT2D eigenvalue weighted by Crippen LogP contribution is -2.09. The van der Waals surface area contributed by atoms with Crippen molar-refractivity contribution in [3.05, 3.63) is 41.5 Å². The van der Waals surface area contributed by atoms with Crippen molar-refractivity contribution in [2.24, 2.45) is 0 Å². The van der Waals surface area contributed by atoms with Crippen molar-refractivity contribution in [1.29, 1.82) is 0 Å². The second kappa shape index (κ2) is 8.41. The molecule has 0 heterocycles. The van der Waals surface area contributed by atoms with Gasteiger partial charge in [-0.05, 0) is 30.0 Å². The Kier molecular flexibility index (Phi) is 6.85. The molecule has 0 unspecified atom stereocenters. The van der Waals surface area contributed by atoms with Gasteiger partial charge in [0.2, 0.25) is 0 Å². The average molecular weight is 276 g/mol. The van der Waals surface area contributed by atoms with E-state index in [1.165, 1.54) is 7.11 Å². The average Bonchev–Trinajstić information content (AvgIpc) is 2.45. The van der Waals surface area contributed by atoms with Crippen molar-refractivity contribution >= 4 is 5.97 Å². The zero-order chi connectivity index (χ0) is 15.0. The molecule has 0 fully saturated rings. The molecular weight excluding hydrogens is 252 g/mol. The van der Waals surface area contributed by atoms with Crippen molar-refractivity contribution in [1.82, 2.24) is 0 Å². The molecule has 110 valence electrons. The normalized spacial score (nSPS) is 10.2. The predicted octanol–water partition coefficient (Wildman–Crippen LogP) is 3.94. The smallest absolute Gasteiger partial charge is 0.341 e. The second-order valence-corrected chi connectivity index (χ2v) is 4.72. The number of esters is 1. The standard InChI is InChI=1S/C17H24O3/c1-5-8-13-11-14(9-6-2)16(20-10-7-3)15(12-13)17(18)19-4/h7,11-12H,3,5-6,8-10H2,1-2,4H3. The first-order chi connectivity index (χ1) is 9.67. The Labute approximate surface area is 121 Å². The van der Waals surface area contributed by atoms with Gasteiger partial charge in [-0.1, -0.05) is 45.4 Å². The molecule has 0 spiro atoms. The summed E-state index contributed by atoms with van der Waals surface area (Å²) in [4.78, 5) is 12.0. The van der Waals surface area contributed by atoms with Crippen LogP contribution in [-0.4, -0.2) is 19.7 Å². The lowest BCUT2D eigenvalue weighted by Gasteiger charge is -2.16. The first-order valence-electron chi connectivity index (χ1n) is 7.15. The molecule has 3 nitrogen and oxygen atoms in total. The Morgan fingerprint density at radius 3 is 2.50 bits per heavy atom. The van der Waals surface area contributed by atoms with Crippen molar-refractivity contribution in [3.63, 3.8) is 0 Å². The summed E-state index contributed by atoms with van der Waals surface area (Å²) >= 11 is 0. The highest BCUT2D eigenvalue weighted by atomic mass is 16.5. The molecule has 0 atom stereocenters. The summed E-state index contributed by atoms with van der Waals surface area (Å²) in [6.07, 6.45) is 5.55. The summed E-state index contributed by atoms with van der Waals surface area (Å²) < 4.78 is 10.6. The van der Waals surface area contributed by atoms with Crippen LogP contribution in [0.1, 0.15) is 48.2 Å². The van der Waals surface area contributed by atoms with Crippen LogP contribution >= 0.6 is 0 Å². The molecule has 20 heavy (non-hydrogen) atoms. The summed E-state index contributed by atoms with van der Waals surface area (Å²) in [5.74, 6) is 0.290. The molecule has 0 radical (unpaired) electrons. The molecule has 0 saturated carbocycles. The van der Waals surface area contributed by atoms with E-state index in [2.05, 4.69) is 26.5 Å². The molecule has 0 aliphatic heterocycles. The Hall–Kier alpha value is -1.77. The van der Waals surface area contributed by atoms with E-state index in [-0.39, 0.29) is 5.97 Å². The molecule has 0 aliphatic rings. The van der Waals surface area contributed by atoms with Crippen LogP contribution in [0.15, 0.2) is 24.8 Å². The van der Waals surface area contributed by atoms with Gasteiger partial charge in [0.1, 0.15) is 17.9 Å². The highest BCUT2D eigenvalue weighted by Gasteiger charge is 2.18. The third kappa shape index (κ3) is 4.12. The van der Waals surface area contributed by atoms with E-state index in [4.69, 9.17) is 9.47 Å². The number of carbonyl (C=O) groups excluding carboxylic acids is 1. The number of methoxy groups -OCH3 is 1. The van der Waals surface area contributed by atoms with Crippen molar-refractivity contribution < 1.29 is 14.3 Å². The van der Waals surface area contributed by atoms with Gasteiger partial charge in [-0.2, -0.15) is 0 Å². The number of hydrogen-bond donors (Lipinski definition) is 0. The summed E-state index contributed by atoms with van der Waals surface area (Å²) in [5, 5.41) is 0. The molecular formula is C17H24O3. The number of rotatable bonds is 8. The maximum atomic E-state index is 12.0. The topological polar surface area (TPSA) is 35.5 Å². The molecule has 0 N–H and O–H groups in total. The first-order valence-corrected chi connectivity index (χ1v) is 7.15. The summed E-state index contributed by atoms with van der Waals surface area (Å²) in [6, 6.07) is 4.02. The zero-order valence-electron chi connectivity index (χ0n) is 12.7. The first kappa shape index (κ1) is 16.3. The van der Waals surface area contributed by atoms with Gasteiger partial charge >= 0.3 is 5.97 Å². The summed E-state index contributed by atoms with van der Waals surface area (Å²) in [5.41, 5.74) is 2.74. The minimum atomic E-state index is -0.348. The van der Waals surface area contributed by atoms with Gasteiger partial charge in [0, 0.05) is 0 Å². The van der Waals surface area contributed by atoms with Gasteiger partial charge in [-0.25, -0.2) is 4.79 Å². The van der Waals surface area contributed by atoms with E-state index in [9.17, 15) is 4.79 Å². The molecule has 0 amide bonds.